The van der Waals surface area contributed by atoms with Gasteiger partial charge in [-0.2, -0.15) is 10.5 Å². The van der Waals surface area contributed by atoms with Gasteiger partial charge < -0.3 is 23.5 Å². The second-order valence-corrected chi connectivity index (χ2v) is 8.62. The zero-order chi connectivity index (χ0) is 25.2. The second kappa shape index (κ2) is 9.81. The quantitative estimate of drug-likeness (QED) is 0.333. The first-order valence-corrected chi connectivity index (χ1v) is 11.7. The molecule has 0 radical (unpaired) electrons. The Morgan fingerprint density at radius 1 is 0.676 bits per heavy atom. The van der Waals surface area contributed by atoms with Crippen molar-refractivity contribution in [2.75, 3.05) is 0 Å². The highest BCUT2D eigenvalue weighted by atomic mass is 16.7. The number of hydrogen-bond donors (Lipinski definition) is 0. The van der Waals surface area contributed by atoms with Crippen LogP contribution in [0.3, 0.4) is 0 Å². The van der Waals surface area contributed by atoms with E-state index in [0.29, 0.717) is 47.3 Å². The van der Waals surface area contributed by atoms with Gasteiger partial charge in [0.1, 0.15) is 23.0 Å². The Morgan fingerprint density at radius 3 is 1.86 bits per heavy atom. The predicted octanol–water partition coefficient (Wildman–Crippen LogP) is 5.49. The third-order valence-corrected chi connectivity index (χ3v) is 6.20. The van der Waals surface area contributed by atoms with E-state index < -0.39 is 13.4 Å². The molecule has 0 saturated heterocycles. The number of ether oxygens (including phenoxy) is 3. The molecular formula is C29H19BN2O5. The summed E-state index contributed by atoms with van der Waals surface area (Å²) in [5.74, 6) is 2.68. The molecule has 0 amide bonds. The number of hydrogen-bond acceptors (Lipinski definition) is 7. The topological polar surface area (TPSA) is 93.7 Å². The molecule has 0 N–H and O–H groups in total. The van der Waals surface area contributed by atoms with Crippen LogP contribution >= 0.6 is 0 Å². The average molecular weight is 486 g/mol. The van der Waals surface area contributed by atoms with Crippen LogP contribution in [-0.4, -0.2) is 7.12 Å². The summed E-state index contributed by atoms with van der Waals surface area (Å²) in [4.78, 5) is 0. The maximum atomic E-state index is 8.95. The molecule has 0 aliphatic carbocycles. The lowest BCUT2D eigenvalue weighted by atomic mass is 9.78. The van der Waals surface area contributed by atoms with Crippen LogP contribution in [-0.2, 0) is 27.3 Å². The molecule has 7 nitrogen and oxygen atoms in total. The van der Waals surface area contributed by atoms with Crippen LogP contribution in [0.2, 0.25) is 0 Å². The summed E-state index contributed by atoms with van der Waals surface area (Å²) in [6, 6.07) is 29.6. The Kier molecular flexibility index (Phi) is 6.06. The number of nitrogens with zero attached hydrogens (tertiary/aromatic N) is 2. The molecule has 2 heterocycles. The molecule has 8 heteroatoms. The first-order valence-electron chi connectivity index (χ1n) is 11.7. The van der Waals surface area contributed by atoms with E-state index in [9.17, 15) is 0 Å². The summed E-state index contributed by atoms with van der Waals surface area (Å²) in [5, 5.41) is 17.9. The summed E-state index contributed by atoms with van der Waals surface area (Å²) < 4.78 is 29.9. The fraction of sp³-hybridized carbons (Fsp3) is 0.103. The van der Waals surface area contributed by atoms with Crippen LogP contribution < -0.4 is 14.9 Å². The van der Waals surface area contributed by atoms with E-state index in [-0.39, 0.29) is 0 Å². The molecule has 1 atom stereocenters. The van der Waals surface area contributed by atoms with Crippen molar-refractivity contribution in [3.8, 4) is 35.1 Å². The van der Waals surface area contributed by atoms with Gasteiger partial charge in [-0.1, -0.05) is 6.07 Å². The van der Waals surface area contributed by atoms with Gasteiger partial charge in [0.15, 0.2) is 6.29 Å². The van der Waals surface area contributed by atoms with Gasteiger partial charge in [0.25, 0.3) is 0 Å². The van der Waals surface area contributed by atoms with Crippen LogP contribution in [0.4, 0.5) is 0 Å². The van der Waals surface area contributed by atoms with E-state index in [1.165, 1.54) is 0 Å². The van der Waals surface area contributed by atoms with Gasteiger partial charge in [0.2, 0.25) is 0 Å². The molecule has 4 aromatic rings. The highest BCUT2D eigenvalue weighted by Gasteiger charge is 2.36. The molecule has 0 saturated carbocycles. The number of rotatable bonds is 6. The summed E-state index contributed by atoms with van der Waals surface area (Å²) in [6.07, 6.45) is -0.551. The highest BCUT2D eigenvalue weighted by Crippen LogP contribution is 2.36. The minimum Gasteiger partial charge on any atom is -0.457 e. The number of nitriles is 2. The summed E-state index contributed by atoms with van der Waals surface area (Å²) in [6.45, 7) is 0.809. The smallest absolute Gasteiger partial charge is 0.457 e. The summed E-state index contributed by atoms with van der Waals surface area (Å²) in [5.41, 5.74) is 5.01. The van der Waals surface area contributed by atoms with Crippen LogP contribution in [0.25, 0.3) is 0 Å². The van der Waals surface area contributed by atoms with Crippen molar-refractivity contribution in [1.29, 1.82) is 10.5 Å². The maximum Gasteiger partial charge on any atom is 0.496 e. The Labute approximate surface area is 214 Å². The lowest BCUT2D eigenvalue weighted by Crippen LogP contribution is -2.33. The second-order valence-electron chi connectivity index (χ2n) is 8.62. The van der Waals surface area contributed by atoms with Crippen molar-refractivity contribution >= 4 is 12.6 Å². The van der Waals surface area contributed by atoms with Crippen molar-refractivity contribution in [1.82, 2.24) is 0 Å². The summed E-state index contributed by atoms with van der Waals surface area (Å²) in [7, 11) is -0.551. The third-order valence-electron chi connectivity index (χ3n) is 6.20. The van der Waals surface area contributed by atoms with E-state index in [1.54, 1.807) is 48.5 Å². The SMILES string of the molecule is N#Cc1ccc(Oc2ccc3c(c2)COB3OC2OCc3cc(Oc4ccc(C#N)cc4)ccc32)cc1. The largest absolute Gasteiger partial charge is 0.496 e. The van der Waals surface area contributed by atoms with Gasteiger partial charge >= 0.3 is 7.12 Å². The number of fused-ring (bicyclic) bond motifs is 2. The first-order chi connectivity index (χ1) is 18.2. The van der Waals surface area contributed by atoms with Gasteiger partial charge in [-0.15, -0.1) is 0 Å². The van der Waals surface area contributed by atoms with Crippen LogP contribution in [0.1, 0.15) is 34.1 Å². The van der Waals surface area contributed by atoms with Crippen molar-refractivity contribution in [2.45, 2.75) is 19.5 Å². The fourth-order valence-electron chi connectivity index (χ4n) is 4.32. The fourth-order valence-corrected chi connectivity index (χ4v) is 4.32. The number of benzene rings is 4. The molecule has 178 valence electrons. The van der Waals surface area contributed by atoms with Crippen molar-refractivity contribution in [3.63, 3.8) is 0 Å². The molecule has 0 spiro atoms. The molecule has 2 aliphatic heterocycles. The standard InChI is InChI=1S/C29H19BN2O5/c31-15-19-1-5-23(6-2-19)35-25-9-11-27-21(13-25)17-33-29(27)37-30-28-12-10-26(14-22(28)18-34-30)36-24-7-3-20(16-32)4-8-24/h1-14,29H,17-18H2. The van der Waals surface area contributed by atoms with E-state index in [2.05, 4.69) is 12.1 Å². The normalized spacial score (nSPS) is 15.4. The highest BCUT2D eigenvalue weighted by molar-refractivity contribution is 6.62. The zero-order valence-corrected chi connectivity index (χ0v) is 19.6. The lowest BCUT2D eigenvalue weighted by Gasteiger charge is -2.16. The predicted molar refractivity (Wildman–Crippen MR) is 134 cm³/mol. The van der Waals surface area contributed by atoms with Crippen LogP contribution in [0.5, 0.6) is 23.0 Å². The Balaban J connectivity index is 1.12. The van der Waals surface area contributed by atoms with E-state index in [1.807, 2.05) is 36.4 Å². The van der Waals surface area contributed by atoms with Gasteiger partial charge in [0, 0.05) is 5.56 Å². The van der Waals surface area contributed by atoms with Crippen molar-refractivity contribution in [3.05, 3.63) is 113 Å². The minimum absolute atomic E-state index is 0.404. The first kappa shape index (κ1) is 22.8. The third kappa shape index (κ3) is 4.78. The van der Waals surface area contributed by atoms with Gasteiger partial charge in [-0.3, -0.25) is 0 Å². The van der Waals surface area contributed by atoms with E-state index >= 15 is 0 Å². The molecule has 37 heavy (non-hydrogen) atoms. The molecule has 1 unspecified atom stereocenters. The Hall–Kier alpha value is -4.60. The van der Waals surface area contributed by atoms with Gasteiger partial charge in [0.05, 0.1) is 36.5 Å². The van der Waals surface area contributed by atoms with Gasteiger partial charge in [-0.05, 0) is 95.5 Å². The zero-order valence-electron chi connectivity index (χ0n) is 19.6. The van der Waals surface area contributed by atoms with E-state index in [4.69, 9.17) is 34.0 Å². The van der Waals surface area contributed by atoms with Crippen molar-refractivity contribution < 1.29 is 23.5 Å². The molecule has 6 rings (SSSR count). The van der Waals surface area contributed by atoms with Gasteiger partial charge in [-0.25, -0.2) is 0 Å². The van der Waals surface area contributed by atoms with Crippen LogP contribution in [0, 0.1) is 22.7 Å². The monoisotopic (exact) mass is 486 g/mol. The molecule has 2 aliphatic rings. The molecule has 4 aromatic carbocycles. The Bertz CT molecular complexity index is 1420. The molecule has 0 aromatic heterocycles. The molecule has 0 fully saturated rings. The maximum absolute atomic E-state index is 8.95. The average Bonchev–Trinajstić information content (AvgIpc) is 3.53. The Morgan fingerprint density at radius 2 is 1.24 bits per heavy atom. The molecule has 0 bridgehead atoms. The summed E-state index contributed by atoms with van der Waals surface area (Å²) >= 11 is 0. The minimum atomic E-state index is -0.551. The molecular weight excluding hydrogens is 467 g/mol. The lowest BCUT2D eigenvalue weighted by molar-refractivity contribution is -0.0843. The van der Waals surface area contributed by atoms with Crippen molar-refractivity contribution in [2.24, 2.45) is 0 Å². The van der Waals surface area contributed by atoms with E-state index in [0.717, 1.165) is 22.2 Å². The van der Waals surface area contributed by atoms with Crippen LogP contribution in [0.15, 0.2) is 84.9 Å².